The summed E-state index contributed by atoms with van der Waals surface area (Å²) in [4.78, 5) is 26.7. The van der Waals surface area contributed by atoms with Gasteiger partial charge in [-0.15, -0.1) is 0 Å². The van der Waals surface area contributed by atoms with Gasteiger partial charge >= 0.3 is 0 Å². The van der Waals surface area contributed by atoms with Gasteiger partial charge in [0, 0.05) is 5.39 Å². The van der Waals surface area contributed by atoms with Gasteiger partial charge in [-0.25, -0.2) is 0 Å². The van der Waals surface area contributed by atoms with Crippen LogP contribution in [0.2, 0.25) is 0 Å². The van der Waals surface area contributed by atoms with E-state index in [-0.39, 0.29) is 0 Å². The largest absolute Gasteiger partial charge is 0.490 e. The quantitative estimate of drug-likeness (QED) is 0.136. The lowest BCUT2D eigenvalue weighted by Crippen LogP contribution is -2.36. The van der Waals surface area contributed by atoms with E-state index in [9.17, 15) is 9.59 Å². The molecule has 0 radical (unpaired) electrons. The van der Waals surface area contributed by atoms with Crippen LogP contribution < -0.4 is 9.47 Å². The van der Waals surface area contributed by atoms with Gasteiger partial charge < -0.3 is 9.47 Å². The summed E-state index contributed by atoms with van der Waals surface area (Å²) in [5.41, 5.74) is 6.38. The monoisotopic (exact) mass is 616 g/mol. The van der Waals surface area contributed by atoms with Crippen molar-refractivity contribution >= 4 is 51.4 Å². The minimum Gasteiger partial charge on any atom is -0.490 e. The molecule has 38 heavy (non-hydrogen) atoms. The van der Waals surface area contributed by atoms with Crippen molar-refractivity contribution < 1.29 is 19.1 Å². The summed E-state index contributed by atoms with van der Waals surface area (Å²) in [5.74, 6) is 0.408. The Bertz CT molecular complexity index is 1580. The SMILES string of the molecule is CCOc1cc(C=NN2C(=O)c3ccc4c5c(ccc(c35)C2=O)CC4)cc(I)c1OCc1ccc(C)cc1. The van der Waals surface area contributed by atoms with Crippen molar-refractivity contribution in [1.82, 2.24) is 5.01 Å². The third-order valence-electron chi connectivity index (χ3n) is 7.00. The average Bonchev–Trinajstić information content (AvgIpc) is 3.34. The number of benzene rings is 4. The third kappa shape index (κ3) is 4.24. The van der Waals surface area contributed by atoms with E-state index in [1.54, 1.807) is 0 Å². The highest BCUT2D eigenvalue weighted by atomic mass is 127. The van der Waals surface area contributed by atoms with E-state index in [0.29, 0.717) is 41.4 Å². The molecule has 7 heteroatoms. The van der Waals surface area contributed by atoms with Gasteiger partial charge in [0.15, 0.2) is 11.5 Å². The number of aryl methyl sites for hydroxylation is 3. The molecule has 0 saturated carbocycles. The van der Waals surface area contributed by atoms with Gasteiger partial charge in [-0.2, -0.15) is 10.1 Å². The molecular formula is C31H25IN2O4. The van der Waals surface area contributed by atoms with Crippen LogP contribution in [-0.2, 0) is 19.4 Å². The van der Waals surface area contributed by atoms with Crippen LogP contribution in [-0.4, -0.2) is 29.6 Å². The Labute approximate surface area is 234 Å². The number of halogens is 1. The van der Waals surface area contributed by atoms with Gasteiger partial charge in [-0.1, -0.05) is 42.0 Å². The predicted octanol–water partition coefficient (Wildman–Crippen LogP) is 6.46. The van der Waals surface area contributed by atoms with Gasteiger partial charge in [0.05, 0.1) is 27.5 Å². The summed E-state index contributed by atoms with van der Waals surface area (Å²) in [6.45, 7) is 4.84. The van der Waals surface area contributed by atoms with Crippen molar-refractivity contribution in [3.05, 3.63) is 103 Å². The first-order chi connectivity index (χ1) is 18.4. The lowest BCUT2D eigenvalue weighted by Gasteiger charge is -2.23. The minimum atomic E-state index is -0.410. The lowest BCUT2D eigenvalue weighted by molar-refractivity contribution is 0.0616. The molecule has 6 rings (SSSR count). The normalized spacial score (nSPS) is 14.1. The molecule has 0 saturated heterocycles. The second-order valence-electron chi connectivity index (χ2n) is 9.50. The Morgan fingerprint density at radius 2 is 1.55 bits per heavy atom. The molecule has 0 spiro atoms. The second kappa shape index (κ2) is 9.87. The zero-order chi connectivity index (χ0) is 26.4. The molecule has 0 N–H and O–H groups in total. The highest BCUT2D eigenvalue weighted by Crippen LogP contribution is 2.39. The van der Waals surface area contributed by atoms with Gasteiger partial charge in [0.1, 0.15) is 6.61 Å². The summed E-state index contributed by atoms with van der Waals surface area (Å²) in [5, 5.41) is 7.13. The fraction of sp³-hybridized carbons (Fsp3) is 0.194. The summed E-state index contributed by atoms with van der Waals surface area (Å²) >= 11 is 2.20. The molecule has 0 unspecified atom stereocenters. The highest BCUT2D eigenvalue weighted by Gasteiger charge is 2.35. The van der Waals surface area contributed by atoms with Crippen LogP contribution in [0.4, 0.5) is 0 Å². The molecule has 190 valence electrons. The maximum atomic E-state index is 13.4. The number of hydrazone groups is 1. The summed E-state index contributed by atoms with van der Waals surface area (Å²) in [7, 11) is 0. The minimum absolute atomic E-state index is 0.410. The van der Waals surface area contributed by atoms with Crippen LogP contribution in [0, 0.1) is 10.5 Å². The number of hydrogen-bond acceptors (Lipinski definition) is 5. The number of amides is 2. The van der Waals surface area contributed by atoms with E-state index < -0.39 is 11.8 Å². The molecule has 0 aromatic heterocycles. The summed E-state index contributed by atoms with van der Waals surface area (Å²) < 4.78 is 12.8. The molecule has 2 aliphatic rings. The molecule has 4 aromatic carbocycles. The number of ether oxygens (including phenoxy) is 2. The maximum Gasteiger partial charge on any atom is 0.282 e. The topological polar surface area (TPSA) is 68.2 Å². The van der Waals surface area contributed by atoms with Crippen LogP contribution in [0.5, 0.6) is 11.5 Å². The zero-order valence-corrected chi connectivity index (χ0v) is 23.2. The third-order valence-corrected chi connectivity index (χ3v) is 7.80. The van der Waals surface area contributed by atoms with Crippen molar-refractivity contribution in [1.29, 1.82) is 0 Å². The van der Waals surface area contributed by atoms with Crippen molar-refractivity contribution in [2.24, 2.45) is 5.10 Å². The van der Waals surface area contributed by atoms with Crippen molar-refractivity contribution in [3.8, 4) is 11.5 Å². The van der Waals surface area contributed by atoms with Crippen molar-refractivity contribution in [2.75, 3.05) is 6.61 Å². The van der Waals surface area contributed by atoms with Crippen LogP contribution in [0.25, 0.3) is 10.8 Å². The lowest BCUT2D eigenvalue weighted by atomic mass is 9.92. The Morgan fingerprint density at radius 3 is 2.18 bits per heavy atom. The van der Waals surface area contributed by atoms with Crippen LogP contribution >= 0.6 is 22.6 Å². The molecule has 0 bridgehead atoms. The first-order valence-electron chi connectivity index (χ1n) is 12.6. The van der Waals surface area contributed by atoms with E-state index >= 15 is 0 Å². The van der Waals surface area contributed by atoms with Crippen molar-refractivity contribution in [3.63, 3.8) is 0 Å². The number of imide groups is 1. The molecular weight excluding hydrogens is 591 g/mol. The zero-order valence-electron chi connectivity index (χ0n) is 21.1. The second-order valence-corrected chi connectivity index (χ2v) is 10.7. The predicted molar refractivity (Wildman–Crippen MR) is 155 cm³/mol. The first-order valence-corrected chi connectivity index (χ1v) is 13.7. The average molecular weight is 616 g/mol. The fourth-order valence-corrected chi connectivity index (χ4v) is 5.92. The van der Waals surface area contributed by atoms with E-state index in [1.807, 2.05) is 55.5 Å². The summed E-state index contributed by atoms with van der Waals surface area (Å²) in [6, 6.07) is 19.6. The maximum absolute atomic E-state index is 13.4. The van der Waals surface area contributed by atoms with E-state index in [4.69, 9.17) is 9.47 Å². The molecule has 1 aliphatic heterocycles. The molecule has 1 aliphatic carbocycles. The van der Waals surface area contributed by atoms with E-state index in [2.05, 4.69) is 46.7 Å². The molecule has 2 amide bonds. The van der Waals surface area contributed by atoms with Gasteiger partial charge in [0.25, 0.3) is 11.8 Å². The van der Waals surface area contributed by atoms with Crippen molar-refractivity contribution in [2.45, 2.75) is 33.3 Å². The number of carbonyl (C=O) groups is 2. The number of hydrogen-bond donors (Lipinski definition) is 0. The van der Waals surface area contributed by atoms with Crippen LogP contribution in [0.3, 0.4) is 0 Å². The smallest absolute Gasteiger partial charge is 0.282 e. The Kier molecular flexibility index (Phi) is 6.39. The van der Waals surface area contributed by atoms with Crippen LogP contribution in [0.1, 0.15) is 55.5 Å². The molecule has 4 aromatic rings. The number of carbonyl (C=O) groups excluding carboxylic acids is 2. The van der Waals surface area contributed by atoms with E-state index in [1.165, 1.54) is 22.9 Å². The number of nitrogens with zero attached hydrogens (tertiary/aromatic N) is 2. The molecule has 1 heterocycles. The van der Waals surface area contributed by atoms with Gasteiger partial charge in [-0.05, 0) is 101 Å². The summed E-state index contributed by atoms with van der Waals surface area (Å²) in [6.07, 6.45) is 3.39. The van der Waals surface area contributed by atoms with Gasteiger partial charge in [-0.3, -0.25) is 9.59 Å². The molecule has 6 nitrogen and oxygen atoms in total. The highest BCUT2D eigenvalue weighted by molar-refractivity contribution is 14.1. The standard InChI is InChI=1S/C31H25IN2O4/c1-3-37-26-15-20(14-25(32)29(26)38-17-19-6-4-18(2)5-7-19)16-33-34-30(35)23-12-10-21-8-9-22-11-13-24(31(34)36)28(23)27(21)22/h4-7,10-16H,3,8-9,17H2,1-2H3. The van der Waals surface area contributed by atoms with Gasteiger partial charge in [0.2, 0.25) is 0 Å². The molecule has 0 fully saturated rings. The Hall–Kier alpha value is -3.72. The number of rotatable bonds is 7. The Morgan fingerprint density at radius 1 is 0.895 bits per heavy atom. The Balaban J connectivity index is 1.29. The van der Waals surface area contributed by atoms with E-state index in [0.717, 1.165) is 37.8 Å². The van der Waals surface area contributed by atoms with Crippen LogP contribution in [0.15, 0.2) is 65.8 Å². The first kappa shape index (κ1) is 24.6. The molecule has 0 atom stereocenters. The fourth-order valence-electron chi connectivity index (χ4n) is 5.14.